The number of hydrogen-bond acceptors (Lipinski definition) is 5. The second kappa shape index (κ2) is 11.3. The Labute approximate surface area is 232 Å². The minimum absolute atomic E-state index is 0. The Kier molecular flexibility index (Phi) is 8.03. The van der Waals surface area contributed by atoms with Gasteiger partial charge in [0, 0.05) is 41.6 Å². The molecule has 2 aromatic heterocycles. The highest BCUT2D eigenvalue weighted by atomic mass is 35.5. The molecule has 8 nitrogen and oxygen atoms in total. The van der Waals surface area contributed by atoms with Crippen LogP contribution < -0.4 is 21.7 Å². The first kappa shape index (κ1) is 27.8. The first-order chi connectivity index (χ1) is 18.2. The average Bonchev–Trinajstić information content (AvgIpc) is 3.23. The number of nitrogens with two attached hydrogens (primary N) is 1. The van der Waals surface area contributed by atoms with Crippen LogP contribution >= 0.6 is 12.4 Å². The number of carbonyl (C=O) groups excluding carboxylic acids is 2. The number of nitrogens with one attached hydrogen (secondary N) is 4. The standard InChI is InChI=1S/C29H29FN6O2.ClH/c1-29(2)15-22-24(28(38)36-29)26(33-20-6-4-3-5-7-20)25(34-22)18-12-13-32-23(14-18)35-27(37)21(16-31)17-8-10-19(30)11-9-17;/h3-14,21,33-34H,15-16,31H2,1-2H3,(H,36,38)(H,32,35,37);1H. The molecule has 0 radical (unpaired) electrons. The fourth-order valence-corrected chi connectivity index (χ4v) is 4.76. The van der Waals surface area contributed by atoms with E-state index in [1.54, 1.807) is 24.4 Å². The quantitative estimate of drug-likeness (QED) is 0.219. The highest BCUT2D eigenvalue weighted by molar-refractivity contribution is 6.07. The Bertz CT molecular complexity index is 1490. The van der Waals surface area contributed by atoms with E-state index in [9.17, 15) is 14.0 Å². The number of benzene rings is 2. The predicted molar refractivity (Wildman–Crippen MR) is 153 cm³/mol. The van der Waals surface area contributed by atoms with Gasteiger partial charge in [0.25, 0.3) is 5.91 Å². The van der Waals surface area contributed by atoms with Gasteiger partial charge in [-0.1, -0.05) is 30.3 Å². The van der Waals surface area contributed by atoms with E-state index in [1.807, 2.05) is 50.2 Å². The van der Waals surface area contributed by atoms with Gasteiger partial charge >= 0.3 is 0 Å². The van der Waals surface area contributed by atoms with Crippen molar-refractivity contribution >= 4 is 41.4 Å². The molecule has 1 atom stereocenters. The summed E-state index contributed by atoms with van der Waals surface area (Å²) in [5.74, 6) is -1.23. The van der Waals surface area contributed by atoms with Gasteiger partial charge in [-0.15, -0.1) is 12.4 Å². The number of carbonyl (C=O) groups is 2. The Hall–Kier alpha value is -4.21. The van der Waals surface area contributed by atoms with Crippen LogP contribution in [0.2, 0.25) is 0 Å². The summed E-state index contributed by atoms with van der Waals surface area (Å²) in [4.78, 5) is 34.0. The number of halogens is 2. The average molecular weight is 549 g/mol. The molecule has 10 heteroatoms. The van der Waals surface area contributed by atoms with Crippen molar-refractivity contribution in [3.63, 3.8) is 0 Å². The van der Waals surface area contributed by atoms with Crippen molar-refractivity contribution in [2.75, 3.05) is 17.2 Å². The maximum Gasteiger partial charge on any atom is 0.255 e. The van der Waals surface area contributed by atoms with E-state index >= 15 is 0 Å². The molecule has 0 bridgehead atoms. The van der Waals surface area contributed by atoms with Crippen molar-refractivity contribution in [1.82, 2.24) is 15.3 Å². The number of anilines is 3. The second-order valence-electron chi connectivity index (χ2n) is 9.99. The fraction of sp³-hybridized carbons (Fsp3) is 0.207. The molecule has 0 spiro atoms. The summed E-state index contributed by atoms with van der Waals surface area (Å²) in [6.45, 7) is 4.01. The van der Waals surface area contributed by atoms with Crippen molar-refractivity contribution < 1.29 is 14.0 Å². The summed E-state index contributed by atoms with van der Waals surface area (Å²) >= 11 is 0. The highest BCUT2D eigenvalue weighted by Gasteiger charge is 2.35. The van der Waals surface area contributed by atoms with E-state index in [1.165, 1.54) is 12.1 Å². The molecule has 2 amide bonds. The molecule has 6 N–H and O–H groups in total. The van der Waals surface area contributed by atoms with Gasteiger partial charge in [0.2, 0.25) is 5.91 Å². The molecule has 3 heterocycles. The van der Waals surface area contributed by atoms with Crippen LogP contribution in [-0.4, -0.2) is 33.9 Å². The van der Waals surface area contributed by atoms with Crippen LogP contribution in [0, 0.1) is 5.82 Å². The summed E-state index contributed by atoms with van der Waals surface area (Å²) in [5.41, 5.74) is 10.4. The van der Waals surface area contributed by atoms with Gasteiger partial charge in [-0.3, -0.25) is 9.59 Å². The summed E-state index contributed by atoms with van der Waals surface area (Å²) in [6, 6.07) is 18.9. The zero-order valence-corrected chi connectivity index (χ0v) is 22.4. The van der Waals surface area contributed by atoms with E-state index in [2.05, 4.69) is 25.9 Å². The molecule has 4 aromatic rings. The van der Waals surface area contributed by atoms with Crippen molar-refractivity contribution in [2.24, 2.45) is 5.73 Å². The van der Waals surface area contributed by atoms with Crippen molar-refractivity contribution in [2.45, 2.75) is 31.7 Å². The number of aromatic amines is 1. The maximum absolute atomic E-state index is 13.4. The maximum atomic E-state index is 13.4. The summed E-state index contributed by atoms with van der Waals surface area (Å²) in [7, 11) is 0. The SMILES string of the molecule is CC1(C)Cc2[nH]c(-c3ccnc(NC(=O)C(CN)c4ccc(F)cc4)c3)c(Nc3ccccc3)c2C(=O)N1.Cl. The lowest BCUT2D eigenvalue weighted by atomic mass is 9.91. The van der Waals surface area contributed by atoms with E-state index in [4.69, 9.17) is 5.73 Å². The molecule has 0 saturated carbocycles. The third-order valence-electron chi connectivity index (χ3n) is 6.54. The van der Waals surface area contributed by atoms with Gasteiger partial charge in [-0.05, 0) is 55.8 Å². The molecule has 202 valence electrons. The minimum Gasteiger partial charge on any atom is -0.356 e. The third kappa shape index (κ3) is 5.94. The predicted octanol–water partition coefficient (Wildman–Crippen LogP) is 5.13. The molecule has 1 aliphatic rings. The number of pyridine rings is 1. The van der Waals surface area contributed by atoms with Gasteiger partial charge in [-0.25, -0.2) is 9.37 Å². The van der Waals surface area contributed by atoms with Gasteiger partial charge < -0.3 is 26.7 Å². The topological polar surface area (TPSA) is 125 Å². The van der Waals surface area contributed by atoms with Crippen molar-refractivity contribution in [3.8, 4) is 11.3 Å². The van der Waals surface area contributed by atoms with Crippen LogP contribution in [0.25, 0.3) is 11.3 Å². The first-order valence-corrected chi connectivity index (χ1v) is 12.4. The van der Waals surface area contributed by atoms with Gasteiger partial charge in [0.15, 0.2) is 0 Å². The number of nitrogens with zero attached hydrogens (tertiary/aromatic N) is 1. The molecule has 0 saturated heterocycles. The monoisotopic (exact) mass is 548 g/mol. The summed E-state index contributed by atoms with van der Waals surface area (Å²) < 4.78 is 13.4. The zero-order valence-electron chi connectivity index (χ0n) is 21.5. The molecule has 2 aromatic carbocycles. The Morgan fingerprint density at radius 1 is 1.13 bits per heavy atom. The number of aromatic nitrogens is 2. The zero-order chi connectivity index (χ0) is 26.9. The smallest absolute Gasteiger partial charge is 0.255 e. The molecule has 1 unspecified atom stereocenters. The van der Waals surface area contributed by atoms with Gasteiger partial charge in [0.1, 0.15) is 11.6 Å². The number of amides is 2. The lowest BCUT2D eigenvalue weighted by molar-refractivity contribution is -0.117. The number of para-hydroxylation sites is 1. The van der Waals surface area contributed by atoms with Crippen LogP contribution in [0.3, 0.4) is 0 Å². The Morgan fingerprint density at radius 3 is 2.54 bits per heavy atom. The van der Waals surface area contributed by atoms with Crippen molar-refractivity contribution in [1.29, 1.82) is 0 Å². The molecule has 5 rings (SSSR count). The van der Waals surface area contributed by atoms with E-state index in [0.29, 0.717) is 34.7 Å². The summed E-state index contributed by atoms with van der Waals surface area (Å²) in [6.07, 6.45) is 2.22. The molecule has 0 aliphatic carbocycles. The molecular formula is C29H30ClFN6O2. The molecular weight excluding hydrogens is 519 g/mol. The second-order valence-corrected chi connectivity index (χ2v) is 9.99. The number of H-pyrrole nitrogens is 1. The Morgan fingerprint density at radius 2 is 1.85 bits per heavy atom. The van der Waals surface area contributed by atoms with Crippen LogP contribution in [0.15, 0.2) is 72.9 Å². The van der Waals surface area contributed by atoms with Crippen LogP contribution in [0.4, 0.5) is 21.6 Å². The normalized spacial score (nSPS) is 14.4. The van der Waals surface area contributed by atoms with Gasteiger partial charge in [0.05, 0.1) is 22.9 Å². The third-order valence-corrected chi connectivity index (χ3v) is 6.54. The van der Waals surface area contributed by atoms with E-state index < -0.39 is 11.5 Å². The van der Waals surface area contributed by atoms with E-state index in [0.717, 1.165) is 16.9 Å². The lowest BCUT2D eigenvalue weighted by Crippen LogP contribution is -2.49. The largest absolute Gasteiger partial charge is 0.356 e. The molecule has 1 aliphatic heterocycles. The highest BCUT2D eigenvalue weighted by Crippen LogP contribution is 2.39. The molecule has 39 heavy (non-hydrogen) atoms. The lowest BCUT2D eigenvalue weighted by Gasteiger charge is -2.30. The number of hydrogen-bond donors (Lipinski definition) is 5. The first-order valence-electron chi connectivity index (χ1n) is 12.4. The van der Waals surface area contributed by atoms with Gasteiger partial charge in [-0.2, -0.15) is 0 Å². The minimum atomic E-state index is -0.667. The van der Waals surface area contributed by atoms with Crippen LogP contribution in [0.5, 0.6) is 0 Å². The Balaban J connectivity index is 0.00000353. The van der Waals surface area contributed by atoms with Crippen LogP contribution in [-0.2, 0) is 11.2 Å². The van der Waals surface area contributed by atoms with Crippen molar-refractivity contribution in [3.05, 3.63) is 95.6 Å². The van der Waals surface area contributed by atoms with Crippen LogP contribution in [0.1, 0.15) is 41.4 Å². The molecule has 0 fully saturated rings. The number of fused-ring (bicyclic) bond motifs is 1. The van der Waals surface area contributed by atoms with E-state index in [-0.39, 0.29) is 36.6 Å². The fourth-order valence-electron chi connectivity index (χ4n) is 4.76. The summed E-state index contributed by atoms with van der Waals surface area (Å²) in [5, 5.41) is 9.31. The number of rotatable bonds is 7.